The van der Waals surface area contributed by atoms with Gasteiger partial charge in [-0.3, -0.25) is 13.9 Å². The number of aromatic nitrogens is 2. The van der Waals surface area contributed by atoms with Gasteiger partial charge < -0.3 is 10.1 Å². The lowest BCUT2D eigenvalue weighted by Gasteiger charge is -2.20. The lowest BCUT2D eigenvalue weighted by molar-refractivity contribution is -0.122. The summed E-state index contributed by atoms with van der Waals surface area (Å²) in [6, 6.07) is 7.63. The Morgan fingerprint density at radius 2 is 2.13 bits per heavy atom. The van der Waals surface area contributed by atoms with Gasteiger partial charge in [-0.05, 0) is 31.9 Å². The SMILES string of the molecule is C[C@H](NC(=O)CCn1c(=O)n(C)c2ccccc21)[C@H]1CCCO1. The summed E-state index contributed by atoms with van der Waals surface area (Å²) in [6.07, 6.45) is 2.44. The zero-order valence-corrected chi connectivity index (χ0v) is 13.6. The number of nitrogens with one attached hydrogen (secondary N) is 1. The van der Waals surface area contributed by atoms with Gasteiger partial charge in [0.15, 0.2) is 0 Å². The Balaban J connectivity index is 1.65. The number of nitrogens with zero attached hydrogens (tertiary/aromatic N) is 2. The summed E-state index contributed by atoms with van der Waals surface area (Å²) < 4.78 is 8.86. The highest BCUT2D eigenvalue weighted by Gasteiger charge is 2.23. The van der Waals surface area contributed by atoms with Crippen LogP contribution in [0.2, 0.25) is 0 Å². The van der Waals surface area contributed by atoms with Gasteiger partial charge in [0.2, 0.25) is 5.91 Å². The third kappa shape index (κ3) is 3.17. The number of aryl methyl sites for hydroxylation is 2. The van der Waals surface area contributed by atoms with Gasteiger partial charge in [0.05, 0.1) is 23.2 Å². The fourth-order valence-corrected chi connectivity index (χ4v) is 3.21. The molecule has 2 heterocycles. The number of fused-ring (bicyclic) bond motifs is 1. The van der Waals surface area contributed by atoms with Crippen LogP contribution in [0.4, 0.5) is 0 Å². The van der Waals surface area contributed by atoms with Gasteiger partial charge in [0.1, 0.15) is 0 Å². The van der Waals surface area contributed by atoms with Crippen LogP contribution in [0.15, 0.2) is 29.1 Å². The Labute approximate surface area is 135 Å². The number of amides is 1. The van der Waals surface area contributed by atoms with Crippen molar-refractivity contribution in [3.8, 4) is 0 Å². The van der Waals surface area contributed by atoms with E-state index < -0.39 is 0 Å². The van der Waals surface area contributed by atoms with E-state index in [1.807, 2.05) is 31.2 Å². The van der Waals surface area contributed by atoms with Crippen LogP contribution in [-0.2, 0) is 23.1 Å². The van der Waals surface area contributed by atoms with Crippen molar-refractivity contribution >= 4 is 16.9 Å². The summed E-state index contributed by atoms with van der Waals surface area (Å²) in [5.41, 5.74) is 1.65. The molecule has 0 aliphatic carbocycles. The zero-order valence-electron chi connectivity index (χ0n) is 13.6. The standard InChI is InChI=1S/C17H23N3O3/c1-12(15-8-5-11-23-15)18-16(21)9-10-20-14-7-4-3-6-13(14)19(2)17(20)22/h3-4,6-7,12,15H,5,8-11H2,1-2H3,(H,18,21)/t12-,15+/m0/s1. The maximum absolute atomic E-state index is 12.3. The number of para-hydroxylation sites is 2. The molecule has 1 aromatic heterocycles. The molecule has 1 aliphatic rings. The summed E-state index contributed by atoms with van der Waals surface area (Å²) in [4.78, 5) is 24.5. The van der Waals surface area contributed by atoms with Crippen LogP contribution < -0.4 is 11.0 Å². The van der Waals surface area contributed by atoms with E-state index in [9.17, 15) is 9.59 Å². The van der Waals surface area contributed by atoms with Crippen molar-refractivity contribution in [2.75, 3.05) is 6.61 Å². The molecule has 1 N–H and O–H groups in total. The van der Waals surface area contributed by atoms with Gasteiger partial charge in [-0.15, -0.1) is 0 Å². The Morgan fingerprint density at radius 1 is 1.39 bits per heavy atom. The molecule has 1 aliphatic heterocycles. The Hall–Kier alpha value is -2.08. The normalized spacial score (nSPS) is 19.1. The Bertz CT molecular complexity index is 756. The van der Waals surface area contributed by atoms with E-state index in [0.717, 1.165) is 30.5 Å². The average molecular weight is 317 g/mol. The molecular weight excluding hydrogens is 294 g/mol. The van der Waals surface area contributed by atoms with E-state index in [-0.39, 0.29) is 30.2 Å². The Morgan fingerprint density at radius 3 is 2.83 bits per heavy atom. The topological polar surface area (TPSA) is 65.3 Å². The molecule has 0 saturated carbocycles. The highest BCUT2D eigenvalue weighted by atomic mass is 16.5. The van der Waals surface area contributed by atoms with E-state index in [0.29, 0.717) is 6.54 Å². The first kappa shape index (κ1) is 15.8. The number of hydrogen-bond donors (Lipinski definition) is 1. The first-order valence-corrected chi connectivity index (χ1v) is 8.13. The number of rotatable bonds is 5. The van der Waals surface area contributed by atoms with Crippen molar-refractivity contribution in [3.05, 3.63) is 34.7 Å². The van der Waals surface area contributed by atoms with Crippen molar-refractivity contribution in [2.24, 2.45) is 7.05 Å². The lowest BCUT2D eigenvalue weighted by atomic mass is 10.1. The summed E-state index contributed by atoms with van der Waals surface area (Å²) in [6.45, 7) is 3.12. The molecule has 1 saturated heterocycles. The predicted octanol–water partition coefficient (Wildman–Crippen LogP) is 1.41. The highest BCUT2D eigenvalue weighted by Crippen LogP contribution is 2.15. The van der Waals surface area contributed by atoms with E-state index >= 15 is 0 Å². The van der Waals surface area contributed by atoms with Gasteiger partial charge >= 0.3 is 5.69 Å². The minimum atomic E-state index is -0.0915. The molecule has 1 amide bonds. The smallest absolute Gasteiger partial charge is 0.328 e. The van der Waals surface area contributed by atoms with Crippen LogP contribution >= 0.6 is 0 Å². The van der Waals surface area contributed by atoms with E-state index in [1.165, 1.54) is 0 Å². The largest absolute Gasteiger partial charge is 0.376 e. The zero-order chi connectivity index (χ0) is 16.4. The van der Waals surface area contributed by atoms with E-state index in [4.69, 9.17) is 4.74 Å². The molecular formula is C17H23N3O3. The molecule has 6 nitrogen and oxygen atoms in total. The maximum Gasteiger partial charge on any atom is 0.328 e. The van der Waals surface area contributed by atoms with Crippen molar-refractivity contribution in [2.45, 2.75) is 44.9 Å². The number of benzene rings is 1. The molecule has 23 heavy (non-hydrogen) atoms. The van der Waals surface area contributed by atoms with Crippen LogP contribution in [0.25, 0.3) is 11.0 Å². The van der Waals surface area contributed by atoms with Crippen LogP contribution in [0.1, 0.15) is 26.2 Å². The fourth-order valence-electron chi connectivity index (χ4n) is 3.21. The molecule has 0 unspecified atom stereocenters. The number of hydrogen-bond acceptors (Lipinski definition) is 3. The summed E-state index contributed by atoms with van der Waals surface area (Å²) >= 11 is 0. The molecule has 2 aromatic rings. The first-order valence-electron chi connectivity index (χ1n) is 8.13. The number of ether oxygens (including phenoxy) is 1. The van der Waals surface area contributed by atoms with E-state index in [2.05, 4.69) is 5.32 Å². The number of carbonyl (C=O) groups excluding carboxylic acids is 1. The minimum Gasteiger partial charge on any atom is -0.376 e. The summed E-state index contributed by atoms with van der Waals surface area (Å²) in [5.74, 6) is -0.0483. The van der Waals surface area contributed by atoms with Crippen molar-refractivity contribution in [1.29, 1.82) is 0 Å². The number of carbonyl (C=O) groups is 1. The molecule has 6 heteroatoms. The van der Waals surface area contributed by atoms with Gasteiger partial charge in [0, 0.05) is 26.6 Å². The molecule has 0 radical (unpaired) electrons. The van der Waals surface area contributed by atoms with Crippen LogP contribution in [0, 0.1) is 0 Å². The van der Waals surface area contributed by atoms with Crippen LogP contribution in [0.5, 0.6) is 0 Å². The highest BCUT2D eigenvalue weighted by molar-refractivity contribution is 5.78. The second-order valence-electron chi connectivity index (χ2n) is 6.14. The second-order valence-corrected chi connectivity index (χ2v) is 6.14. The third-order valence-electron chi connectivity index (χ3n) is 4.53. The van der Waals surface area contributed by atoms with Gasteiger partial charge in [0.25, 0.3) is 0 Å². The Kier molecular flexibility index (Phi) is 4.52. The second kappa shape index (κ2) is 6.58. The molecule has 0 bridgehead atoms. The van der Waals surface area contributed by atoms with Gasteiger partial charge in [-0.25, -0.2) is 4.79 Å². The quantitative estimate of drug-likeness (QED) is 0.907. The maximum atomic E-state index is 12.3. The third-order valence-corrected chi connectivity index (χ3v) is 4.53. The summed E-state index contributed by atoms with van der Waals surface area (Å²) in [5, 5.41) is 2.98. The van der Waals surface area contributed by atoms with Crippen molar-refractivity contribution < 1.29 is 9.53 Å². The van der Waals surface area contributed by atoms with Crippen LogP contribution in [-0.4, -0.2) is 33.8 Å². The molecule has 2 atom stereocenters. The molecule has 0 spiro atoms. The van der Waals surface area contributed by atoms with Gasteiger partial charge in [-0.1, -0.05) is 12.1 Å². The molecule has 1 aromatic carbocycles. The van der Waals surface area contributed by atoms with Crippen molar-refractivity contribution in [1.82, 2.24) is 14.5 Å². The molecule has 3 rings (SSSR count). The fraction of sp³-hybridized carbons (Fsp3) is 0.529. The monoisotopic (exact) mass is 317 g/mol. The summed E-state index contributed by atoms with van der Waals surface area (Å²) in [7, 11) is 1.75. The minimum absolute atomic E-state index is 0.00856. The number of imidazole rings is 1. The molecule has 124 valence electrons. The van der Waals surface area contributed by atoms with E-state index in [1.54, 1.807) is 16.2 Å². The van der Waals surface area contributed by atoms with Crippen LogP contribution in [0.3, 0.4) is 0 Å². The van der Waals surface area contributed by atoms with Crippen molar-refractivity contribution in [3.63, 3.8) is 0 Å². The van der Waals surface area contributed by atoms with Gasteiger partial charge in [-0.2, -0.15) is 0 Å². The predicted molar refractivity (Wildman–Crippen MR) is 88.4 cm³/mol. The lowest BCUT2D eigenvalue weighted by Crippen LogP contribution is -2.41. The molecule has 1 fully saturated rings. The average Bonchev–Trinajstić information content (AvgIpc) is 3.15. The first-order chi connectivity index (χ1) is 11.1.